The number of piperazine rings is 1. The standard InChI is InChI=1S/C15H24N4O3S/c1-12(11-16)15(20)17-13-4-3-5-14(10-13)23(21,22)19-8-6-18(2)7-9-19/h3-5,10,12H,6-9,11,16H2,1-2H3,(H,17,20). The molecule has 1 aromatic rings. The lowest BCUT2D eigenvalue weighted by Crippen LogP contribution is -2.47. The predicted molar refractivity (Wildman–Crippen MR) is 89.5 cm³/mol. The summed E-state index contributed by atoms with van der Waals surface area (Å²) < 4.78 is 26.9. The molecule has 0 spiro atoms. The minimum Gasteiger partial charge on any atom is -0.330 e. The second-order valence-electron chi connectivity index (χ2n) is 5.86. The number of rotatable bonds is 5. The van der Waals surface area contributed by atoms with Crippen LogP contribution in [0.25, 0.3) is 0 Å². The van der Waals surface area contributed by atoms with Crippen molar-refractivity contribution in [2.75, 3.05) is 45.1 Å². The van der Waals surface area contributed by atoms with Crippen LogP contribution in [-0.2, 0) is 14.8 Å². The van der Waals surface area contributed by atoms with Crippen LogP contribution >= 0.6 is 0 Å². The largest absolute Gasteiger partial charge is 0.330 e. The third-order valence-electron chi connectivity index (χ3n) is 4.00. The summed E-state index contributed by atoms with van der Waals surface area (Å²) in [6, 6.07) is 6.35. The summed E-state index contributed by atoms with van der Waals surface area (Å²) in [6.07, 6.45) is 0. The number of hydrogen-bond acceptors (Lipinski definition) is 5. The molecule has 3 N–H and O–H groups in total. The van der Waals surface area contributed by atoms with Crippen molar-refractivity contribution in [2.24, 2.45) is 11.7 Å². The third-order valence-corrected chi connectivity index (χ3v) is 5.90. The first-order chi connectivity index (χ1) is 10.8. The Bertz CT molecular complexity index is 654. The van der Waals surface area contributed by atoms with Gasteiger partial charge in [-0.25, -0.2) is 8.42 Å². The van der Waals surface area contributed by atoms with E-state index in [1.54, 1.807) is 25.1 Å². The Morgan fingerprint density at radius 2 is 1.96 bits per heavy atom. The first-order valence-corrected chi connectivity index (χ1v) is 9.08. The van der Waals surface area contributed by atoms with E-state index in [1.165, 1.54) is 10.4 Å². The number of nitrogens with zero attached hydrogens (tertiary/aromatic N) is 2. The summed E-state index contributed by atoms with van der Waals surface area (Å²) in [4.78, 5) is 14.2. The van der Waals surface area contributed by atoms with Gasteiger partial charge in [-0.1, -0.05) is 13.0 Å². The van der Waals surface area contributed by atoms with E-state index in [9.17, 15) is 13.2 Å². The van der Waals surface area contributed by atoms with E-state index in [0.29, 0.717) is 31.9 Å². The summed E-state index contributed by atoms with van der Waals surface area (Å²) >= 11 is 0. The smallest absolute Gasteiger partial charge is 0.243 e. The van der Waals surface area contributed by atoms with Gasteiger partial charge >= 0.3 is 0 Å². The van der Waals surface area contributed by atoms with Crippen LogP contribution in [0.5, 0.6) is 0 Å². The minimum absolute atomic E-state index is 0.195. The Balaban J connectivity index is 2.17. The van der Waals surface area contributed by atoms with Crippen LogP contribution in [0, 0.1) is 5.92 Å². The van der Waals surface area contributed by atoms with E-state index in [0.717, 1.165) is 0 Å². The summed E-state index contributed by atoms with van der Waals surface area (Å²) in [7, 11) is -1.57. The molecule has 1 aliphatic heterocycles. The van der Waals surface area contributed by atoms with E-state index < -0.39 is 10.0 Å². The van der Waals surface area contributed by atoms with Crippen LogP contribution in [-0.4, -0.2) is 63.3 Å². The number of anilines is 1. The first-order valence-electron chi connectivity index (χ1n) is 7.64. The number of amides is 1. The molecule has 23 heavy (non-hydrogen) atoms. The molecule has 8 heteroatoms. The highest BCUT2D eigenvalue weighted by Crippen LogP contribution is 2.21. The molecule has 0 radical (unpaired) electrons. The van der Waals surface area contributed by atoms with Crippen LogP contribution in [0.3, 0.4) is 0 Å². The van der Waals surface area contributed by atoms with Gasteiger partial charge in [-0.15, -0.1) is 0 Å². The van der Waals surface area contributed by atoms with Crippen LogP contribution < -0.4 is 11.1 Å². The van der Waals surface area contributed by atoms with Crippen molar-refractivity contribution in [1.82, 2.24) is 9.21 Å². The van der Waals surface area contributed by atoms with Crippen LogP contribution in [0.2, 0.25) is 0 Å². The third kappa shape index (κ3) is 4.29. The average Bonchev–Trinajstić information content (AvgIpc) is 2.54. The lowest BCUT2D eigenvalue weighted by molar-refractivity contribution is -0.119. The van der Waals surface area contributed by atoms with Gasteiger partial charge in [0.2, 0.25) is 15.9 Å². The Morgan fingerprint density at radius 3 is 2.57 bits per heavy atom. The second kappa shape index (κ2) is 7.39. The summed E-state index contributed by atoms with van der Waals surface area (Å²) in [6.45, 7) is 4.33. The van der Waals surface area contributed by atoms with E-state index in [1.807, 2.05) is 7.05 Å². The van der Waals surface area contributed by atoms with Gasteiger partial charge in [0.05, 0.1) is 4.90 Å². The van der Waals surface area contributed by atoms with Crippen molar-refractivity contribution in [3.05, 3.63) is 24.3 Å². The molecular formula is C15H24N4O3S. The van der Waals surface area contributed by atoms with Crippen molar-refractivity contribution in [3.8, 4) is 0 Å². The Labute approximate surface area is 137 Å². The van der Waals surface area contributed by atoms with Gasteiger partial charge in [-0.05, 0) is 25.2 Å². The number of sulfonamides is 1. The average molecular weight is 340 g/mol. The number of carbonyl (C=O) groups is 1. The van der Waals surface area contributed by atoms with Crippen LogP contribution in [0.15, 0.2) is 29.2 Å². The fourth-order valence-electron chi connectivity index (χ4n) is 2.28. The van der Waals surface area contributed by atoms with Crippen molar-refractivity contribution in [3.63, 3.8) is 0 Å². The van der Waals surface area contributed by atoms with Gasteiger partial charge in [-0.3, -0.25) is 4.79 Å². The molecule has 0 aromatic heterocycles. The van der Waals surface area contributed by atoms with E-state index >= 15 is 0 Å². The highest BCUT2D eigenvalue weighted by atomic mass is 32.2. The molecule has 1 amide bonds. The predicted octanol–water partition coefficient (Wildman–Crippen LogP) is 0.156. The van der Waals surface area contributed by atoms with Gasteiger partial charge in [0.25, 0.3) is 0 Å². The Kier molecular flexibility index (Phi) is 5.74. The topological polar surface area (TPSA) is 95.7 Å². The molecule has 1 unspecified atom stereocenters. The maximum atomic E-state index is 12.7. The maximum absolute atomic E-state index is 12.7. The van der Waals surface area contributed by atoms with Crippen molar-refractivity contribution < 1.29 is 13.2 Å². The molecule has 1 atom stereocenters. The highest BCUT2D eigenvalue weighted by Gasteiger charge is 2.27. The molecule has 0 bridgehead atoms. The molecule has 1 saturated heterocycles. The van der Waals surface area contributed by atoms with Crippen molar-refractivity contribution >= 4 is 21.6 Å². The fraction of sp³-hybridized carbons (Fsp3) is 0.533. The summed E-state index contributed by atoms with van der Waals surface area (Å²) in [5.41, 5.74) is 5.93. The quantitative estimate of drug-likeness (QED) is 0.796. The molecule has 1 fully saturated rings. The van der Waals surface area contributed by atoms with E-state index in [4.69, 9.17) is 5.73 Å². The number of likely N-dealkylation sites (N-methyl/N-ethyl adjacent to an activating group) is 1. The lowest BCUT2D eigenvalue weighted by Gasteiger charge is -2.31. The van der Waals surface area contributed by atoms with Gasteiger partial charge < -0.3 is 16.0 Å². The summed E-state index contributed by atoms with van der Waals surface area (Å²) in [5, 5.41) is 2.70. The van der Waals surface area contributed by atoms with Crippen LogP contribution in [0.4, 0.5) is 5.69 Å². The number of carbonyl (C=O) groups excluding carboxylic acids is 1. The summed E-state index contributed by atoms with van der Waals surface area (Å²) in [5.74, 6) is -0.547. The Hall–Kier alpha value is -1.48. The van der Waals surface area contributed by atoms with Gasteiger partial charge in [-0.2, -0.15) is 4.31 Å². The van der Waals surface area contributed by atoms with Gasteiger partial charge in [0.1, 0.15) is 0 Å². The number of hydrogen-bond donors (Lipinski definition) is 2. The van der Waals surface area contributed by atoms with Crippen LogP contribution in [0.1, 0.15) is 6.92 Å². The first kappa shape index (κ1) is 17.9. The second-order valence-corrected chi connectivity index (χ2v) is 7.80. The highest BCUT2D eigenvalue weighted by molar-refractivity contribution is 7.89. The zero-order valence-electron chi connectivity index (χ0n) is 13.5. The molecule has 128 valence electrons. The molecule has 2 rings (SSSR count). The number of nitrogens with two attached hydrogens (primary N) is 1. The monoisotopic (exact) mass is 340 g/mol. The number of benzene rings is 1. The maximum Gasteiger partial charge on any atom is 0.243 e. The van der Waals surface area contributed by atoms with Crippen molar-refractivity contribution in [2.45, 2.75) is 11.8 Å². The molecule has 0 saturated carbocycles. The van der Waals surface area contributed by atoms with Crippen molar-refractivity contribution in [1.29, 1.82) is 0 Å². The number of nitrogens with one attached hydrogen (secondary N) is 1. The zero-order valence-corrected chi connectivity index (χ0v) is 14.3. The SMILES string of the molecule is CC(CN)C(=O)Nc1cccc(S(=O)(=O)N2CCN(C)CC2)c1. The fourth-order valence-corrected chi connectivity index (χ4v) is 3.75. The molecule has 0 aliphatic carbocycles. The molecule has 7 nitrogen and oxygen atoms in total. The zero-order chi connectivity index (χ0) is 17.0. The lowest BCUT2D eigenvalue weighted by atomic mass is 10.1. The molecular weight excluding hydrogens is 316 g/mol. The van der Waals surface area contributed by atoms with E-state index in [2.05, 4.69) is 10.2 Å². The molecule has 1 heterocycles. The Morgan fingerprint density at radius 1 is 1.30 bits per heavy atom. The normalized spacial score (nSPS) is 18.6. The van der Waals surface area contributed by atoms with Gasteiger partial charge in [0, 0.05) is 44.3 Å². The van der Waals surface area contributed by atoms with Gasteiger partial charge in [0.15, 0.2) is 0 Å². The molecule has 1 aliphatic rings. The molecule has 1 aromatic carbocycles. The van der Waals surface area contributed by atoms with E-state index in [-0.39, 0.29) is 23.3 Å². The minimum atomic E-state index is -3.54.